The van der Waals surface area contributed by atoms with E-state index in [1.54, 1.807) is 30.3 Å². The second-order valence-electron chi connectivity index (χ2n) is 7.91. The van der Waals surface area contributed by atoms with E-state index in [1.807, 2.05) is 6.92 Å². The van der Waals surface area contributed by atoms with Gasteiger partial charge in [-0.15, -0.1) is 0 Å². The van der Waals surface area contributed by atoms with Crippen molar-refractivity contribution in [2.45, 2.75) is 20.1 Å². The number of imide groups is 1. The number of amides is 3. The molecule has 3 amide bonds. The van der Waals surface area contributed by atoms with E-state index in [9.17, 15) is 14.4 Å². The van der Waals surface area contributed by atoms with E-state index in [0.29, 0.717) is 38.2 Å². The van der Waals surface area contributed by atoms with Crippen molar-refractivity contribution in [3.63, 3.8) is 0 Å². The van der Waals surface area contributed by atoms with Crippen LogP contribution in [0.25, 0.3) is 6.08 Å². The van der Waals surface area contributed by atoms with E-state index in [2.05, 4.69) is 26.0 Å². The van der Waals surface area contributed by atoms with Crippen LogP contribution in [0.4, 0.5) is 4.79 Å². The molecule has 0 radical (unpaired) electrons. The van der Waals surface area contributed by atoms with Gasteiger partial charge in [-0.05, 0) is 55.0 Å². The molecule has 0 spiro atoms. The molecule has 0 bridgehead atoms. The van der Waals surface area contributed by atoms with Gasteiger partial charge in [0.2, 0.25) is 5.76 Å². The summed E-state index contributed by atoms with van der Waals surface area (Å²) in [4.78, 5) is 38.0. The van der Waals surface area contributed by atoms with Crippen LogP contribution in [-0.2, 0) is 22.7 Å². The van der Waals surface area contributed by atoms with Crippen LogP contribution in [0.2, 0.25) is 10.0 Å². The van der Waals surface area contributed by atoms with Crippen molar-refractivity contribution in [3.05, 3.63) is 85.3 Å². The summed E-state index contributed by atoms with van der Waals surface area (Å²) in [5.74, 6) is -0.112. The summed E-state index contributed by atoms with van der Waals surface area (Å²) >= 11 is 15.7. The van der Waals surface area contributed by atoms with Crippen molar-refractivity contribution in [3.8, 4) is 11.5 Å². The van der Waals surface area contributed by atoms with Crippen molar-refractivity contribution < 1.29 is 33.0 Å². The van der Waals surface area contributed by atoms with Crippen LogP contribution < -0.4 is 14.8 Å². The monoisotopic (exact) mass is 622 g/mol. The fraction of sp³-hybridized carbons (Fsp3) is 0.192. The zero-order chi connectivity index (χ0) is 27.4. The first-order chi connectivity index (χ1) is 18.2. The molecular formula is C26H21BrCl2N2O7. The normalized spacial score (nSPS) is 14.1. The highest BCUT2D eigenvalue weighted by Gasteiger charge is 2.34. The lowest BCUT2D eigenvalue weighted by atomic mass is 10.1. The Kier molecular flexibility index (Phi) is 8.65. The van der Waals surface area contributed by atoms with Crippen LogP contribution in [-0.4, -0.2) is 36.5 Å². The lowest BCUT2D eigenvalue weighted by Crippen LogP contribution is -2.30. The molecule has 2 aromatic carbocycles. The minimum atomic E-state index is -0.660. The van der Waals surface area contributed by atoms with Gasteiger partial charge < -0.3 is 23.9 Å². The minimum absolute atomic E-state index is 0.0293. The largest absolute Gasteiger partial charge is 0.490 e. The van der Waals surface area contributed by atoms with Crippen molar-refractivity contribution >= 4 is 63.1 Å². The van der Waals surface area contributed by atoms with Gasteiger partial charge in [0.25, 0.3) is 5.91 Å². The number of hydrogen-bond donors (Lipinski definition) is 1. The van der Waals surface area contributed by atoms with Gasteiger partial charge >= 0.3 is 12.0 Å². The first-order valence-electron chi connectivity index (χ1n) is 11.2. The van der Waals surface area contributed by atoms with Crippen molar-refractivity contribution in [2.24, 2.45) is 0 Å². The molecule has 198 valence electrons. The molecule has 9 nitrogen and oxygen atoms in total. The molecular weight excluding hydrogens is 603 g/mol. The number of furan rings is 1. The Morgan fingerprint density at radius 3 is 2.58 bits per heavy atom. The second-order valence-corrected chi connectivity index (χ2v) is 9.61. The molecule has 12 heteroatoms. The van der Waals surface area contributed by atoms with Crippen LogP contribution in [0.3, 0.4) is 0 Å². The van der Waals surface area contributed by atoms with Gasteiger partial charge in [-0.2, -0.15) is 0 Å². The van der Waals surface area contributed by atoms with E-state index in [1.165, 1.54) is 25.3 Å². The first kappa shape index (κ1) is 27.6. The van der Waals surface area contributed by atoms with E-state index in [4.69, 9.17) is 37.1 Å². The Bertz CT molecular complexity index is 1440. The maximum Gasteiger partial charge on any atom is 0.373 e. The highest BCUT2D eigenvalue weighted by atomic mass is 79.9. The number of urea groups is 1. The third kappa shape index (κ3) is 6.15. The Morgan fingerprint density at radius 1 is 1.11 bits per heavy atom. The van der Waals surface area contributed by atoms with Crippen LogP contribution in [0.1, 0.15) is 34.4 Å². The molecule has 0 atom stereocenters. The molecule has 1 saturated heterocycles. The Morgan fingerprint density at radius 2 is 1.87 bits per heavy atom. The zero-order valence-electron chi connectivity index (χ0n) is 20.2. The molecule has 38 heavy (non-hydrogen) atoms. The Balaban J connectivity index is 1.53. The van der Waals surface area contributed by atoms with Crippen molar-refractivity contribution in [1.29, 1.82) is 0 Å². The Hall–Kier alpha value is -3.47. The molecule has 0 unspecified atom stereocenters. The second kappa shape index (κ2) is 11.9. The fourth-order valence-corrected chi connectivity index (χ4v) is 4.44. The SMILES string of the molecule is CCOc1cc(/C=C2\NC(=O)N(Cc3ccc(C(=O)OC)o3)C2=O)c(Br)cc1OCc1ccc(Cl)cc1Cl. The average Bonchev–Trinajstić information content (AvgIpc) is 3.46. The van der Waals surface area contributed by atoms with Crippen molar-refractivity contribution in [1.82, 2.24) is 10.2 Å². The molecule has 1 N–H and O–H groups in total. The predicted molar refractivity (Wildman–Crippen MR) is 143 cm³/mol. The smallest absolute Gasteiger partial charge is 0.373 e. The predicted octanol–water partition coefficient (Wildman–Crippen LogP) is 6.21. The number of benzene rings is 2. The molecule has 4 rings (SSSR count). The number of hydrogen-bond acceptors (Lipinski definition) is 7. The summed E-state index contributed by atoms with van der Waals surface area (Å²) in [5, 5.41) is 3.56. The quantitative estimate of drug-likeness (QED) is 0.172. The van der Waals surface area contributed by atoms with Crippen LogP contribution in [0.5, 0.6) is 11.5 Å². The molecule has 0 aliphatic carbocycles. The summed E-state index contributed by atoms with van der Waals surface area (Å²) in [7, 11) is 1.22. The number of nitrogens with zero attached hydrogens (tertiary/aromatic N) is 1. The highest BCUT2D eigenvalue weighted by Crippen LogP contribution is 2.36. The molecule has 1 fully saturated rings. The van der Waals surface area contributed by atoms with Gasteiger partial charge in [0.05, 0.1) is 20.3 Å². The third-order valence-electron chi connectivity index (χ3n) is 5.39. The first-order valence-corrected chi connectivity index (χ1v) is 12.8. The average molecular weight is 624 g/mol. The standard InChI is InChI=1S/C26H21BrCl2N2O7/c1-3-36-22-9-15(18(27)11-23(22)37-13-14-4-5-16(28)10-19(14)29)8-20-24(32)31(26(34)30-20)12-17-6-7-21(38-17)25(33)35-2/h4-11H,3,12-13H2,1-2H3,(H,30,34)/b20-8-. The summed E-state index contributed by atoms with van der Waals surface area (Å²) < 4.78 is 22.3. The topological polar surface area (TPSA) is 107 Å². The zero-order valence-corrected chi connectivity index (χ0v) is 23.3. The Labute approximate surface area is 236 Å². The minimum Gasteiger partial charge on any atom is -0.490 e. The number of esters is 1. The van der Waals surface area contributed by atoms with Gasteiger partial charge in [-0.1, -0.05) is 45.2 Å². The van der Waals surface area contributed by atoms with Crippen LogP contribution in [0.15, 0.2) is 57.1 Å². The molecule has 2 heterocycles. The molecule has 3 aromatic rings. The summed E-state index contributed by atoms with van der Waals surface area (Å²) in [6, 6.07) is 10.8. The van der Waals surface area contributed by atoms with Crippen LogP contribution >= 0.6 is 39.1 Å². The highest BCUT2D eigenvalue weighted by molar-refractivity contribution is 9.10. The van der Waals surface area contributed by atoms with E-state index in [0.717, 1.165) is 10.5 Å². The van der Waals surface area contributed by atoms with Gasteiger partial charge in [0, 0.05) is 20.1 Å². The van der Waals surface area contributed by atoms with Gasteiger partial charge in [0.1, 0.15) is 18.1 Å². The van der Waals surface area contributed by atoms with E-state index in [-0.39, 0.29) is 30.4 Å². The summed E-state index contributed by atoms with van der Waals surface area (Å²) in [6.45, 7) is 2.22. The molecule has 1 aliphatic heterocycles. The van der Waals surface area contributed by atoms with E-state index < -0.39 is 17.9 Å². The summed E-state index contributed by atoms with van der Waals surface area (Å²) in [6.07, 6.45) is 1.52. The molecule has 1 aromatic heterocycles. The number of halogens is 3. The number of methoxy groups -OCH3 is 1. The third-order valence-corrected chi connectivity index (χ3v) is 6.66. The number of carbonyl (C=O) groups excluding carboxylic acids is 3. The lowest BCUT2D eigenvalue weighted by molar-refractivity contribution is -0.123. The van der Waals surface area contributed by atoms with Crippen LogP contribution in [0, 0.1) is 0 Å². The number of ether oxygens (including phenoxy) is 3. The van der Waals surface area contributed by atoms with Gasteiger partial charge in [-0.25, -0.2) is 9.59 Å². The number of rotatable bonds is 9. The summed E-state index contributed by atoms with van der Waals surface area (Å²) in [5.41, 5.74) is 1.37. The lowest BCUT2D eigenvalue weighted by Gasteiger charge is -2.15. The van der Waals surface area contributed by atoms with Gasteiger partial charge in [-0.3, -0.25) is 9.69 Å². The van der Waals surface area contributed by atoms with Crippen molar-refractivity contribution in [2.75, 3.05) is 13.7 Å². The fourth-order valence-electron chi connectivity index (χ4n) is 3.54. The number of nitrogens with one attached hydrogen (secondary N) is 1. The maximum absolute atomic E-state index is 13.0. The molecule has 0 saturated carbocycles. The number of carbonyl (C=O) groups is 3. The molecule has 1 aliphatic rings. The maximum atomic E-state index is 13.0. The van der Waals surface area contributed by atoms with Gasteiger partial charge in [0.15, 0.2) is 11.5 Å². The van der Waals surface area contributed by atoms with E-state index >= 15 is 0 Å².